The van der Waals surface area contributed by atoms with Gasteiger partial charge in [-0.1, -0.05) is 22.9 Å². The number of benzene rings is 2. The molecule has 0 bridgehead atoms. The predicted octanol–water partition coefficient (Wildman–Crippen LogP) is 3.51. The number of nitrogens with one attached hydrogen (secondary N) is 1. The number of anilines is 1. The van der Waals surface area contributed by atoms with Gasteiger partial charge in [0.25, 0.3) is 5.91 Å². The summed E-state index contributed by atoms with van der Waals surface area (Å²) in [5.74, 6) is 0.412. The van der Waals surface area contributed by atoms with Crippen LogP contribution < -0.4 is 5.32 Å². The first-order valence-corrected chi connectivity index (χ1v) is 8.83. The Balaban J connectivity index is 1.64. The molecular formula is C20H20N6O. The third-order valence-electron chi connectivity index (χ3n) is 4.43. The van der Waals surface area contributed by atoms with Gasteiger partial charge in [-0.2, -0.15) is 5.10 Å². The minimum absolute atomic E-state index is 0.212. The molecule has 2 aromatic heterocycles. The molecule has 0 saturated carbocycles. The number of aromatic nitrogens is 5. The number of carbonyl (C=O) groups excluding carboxylic acids is 1. The molecule has 0 unspecified atom stereocenters. The lowest BCUT2D eigenvalue weighted by Crippen LogP contribution is -2.15. The van der Waals surface area contributed by atoms with Crippen molar-refractivity contribution in [1.29, 1.82) is 0 Å². The van der Waals surface area contributed by atoms with Gasteiger partial charge >= 0.3 is 0 Å². The summed E-state index contributed by atoms with van der Waals surface area (Å²) in [6.45, 7) is 6.67. The highest BCUT2D eigenvalue weighted by Gasteiger charge is 2.14. The molecule has 0 aliphatic carbocycles. The van der Waals surface area contributed by atoms with E-state index in [-0.39, 0.29) is 5.91 Å². The second-order valence-corrected chi connectivity index (χ2v) is 6.48. The number of amides is 1. The predicted molar refractivity (Wildman–Crippen MR) is 104 cm³/mol. The Morgan fingerprint density at radius 1 is 1.07 bits per heavy atom. The molecule has 0 spiro atoms. The molecule has 2 heterocycles. The molecular weight excluding hydrogens is 340 g/mol. The van der Waals surface area contributed by atoms with E-state index in [0.717, 1.165) is 23.4 Å². The summed E-state index contributed by atoms with van der Waals surface area (Å²) in [6.07, 6.45) is 0. The summed E-state index contributed by atoms with van der Waals surface area (Å²) in [4.78, 5) is 12.8. The number of hydrogen-bond donors (Lipinski definition) is 1. The van der Waals surface area contributed by atoms with Gasteiger partial charge in [0.05, 0.1) is 16.9 Å². The largest absolute Gasteiger partial charge is 0.306 e. The molecule has 2 aromatic carbocycles. The number of nitrogens with zero attached hydrogens (tertiary/aromatic N) is 5. The summed E-state index contributed by atoms with van der Waals surface area (Å²) < 4.78 is 3.53. The Morgan fingerprint density at radius 2 is 1.85 bits per heavy atom. The molecule has 4 aromatic rings. The lowest BCUT2D eigenvalue weighted by molar-refractivity contribution is 0.102. The molecule has 7 heteroatoms. The maximum atomic E-state index is 12.8. The van der Waals surface area contributed by atoms with Crippen molar-refractivity contribution in [3.63, 3.8) is 0 Å². The van der Waals surface area contributed by atoms with Crippen LogP contribution in [0.15, 0.2) is 48.5 Å². The van der Waals surface area contributed by atoms with Gasteiger partial charge in [-0.05, 0) is 51.1 Å². The Hall–Kier alpha value is -3.48. The van der Waals surface area contributed by atoms with Crippen LogP contribution in [-0.2, 0) is 6.54 Å². The fourth-order valence-electron chi connectivity index (χ4n) is 3.01. The quantitative estimate of drug-likeness (QED) is 0.604. The monoisotopic (exact) mass is 360 g/mol. The lowest BCUT2D eigenvalue weighted by Gasteiger charge is -2.09. The standard InChI is InChI=1S/C20H20N6O/c1-4-25-18-10-7-15(12-17(18)22-24-25)20(27)21-19-11-14(3)23-26(19)16-8-5-13(2)6-9-16/h5-12H,4H2,1-3H3,(H,21,27). The lowest BCUT2D eigenvalue weighted by atomic mass is 10.2. The van der Waals surface area contributed by atoms with Crippen LogP contribution in [0.1, 0.15) is 28.5 Å². The third-order valence-corrected chi connectivity index (χ3v) is 4.43. The van der Waals surface area contributed by atoms with Gasteiger partial charge in [0.2, 0.25) is 0 Å². The number of aryl methyl sites for hydroxylation is 3. The molecule has 0 aliphatic rings. The number of fused-ring (bicyclic) bond motifs is 1. The fourth-order valence-corrected chi connectivity index (χ4v) is 3.01. The highest BCUT2D eigenvalue weighted by atomic mass is 16.1. The Bertz CT molecular complexity index is 1120. The van der Waals surface area contributed by atoms with Crippen molar-refractivity contribution < 1.29 is 4.79 Å². The van der Waals surface area contributed by atoms with Gasteiger partial charge in [-0.3, -0.25) is 4.79 Å². The van der Waals surface area contributed by atoms with Crippen LogP contribution >= 0.6 is 0 Å². The van der Waals surface area contributed by atoms with Crippen molar-refractivity contribution in [1.82, 2.24) is 24.8 Å². The van der Waals surface area contributed by atoms with E-state index in [1.807, 2.05) is 57.2 Å². The second-order valence-electron chi connectivity index (χ2n) is 6.48. The fraction of sp³-hybridized carbons (Fsp3) is 0.200. The number of carbonyl (C=O) groups is 1. The Morgan fingerprint density at radius 3 is 2.59 bits per heavy atom. The van der Waals surface area contributed by atoms with Crippen molar-refractivity contribution in [3.8, 4) is 5.69 Å². The van der Waals surface area contributed by atoms with Gasteiger partial charge in [-0.25, -0.2) is 9.36 Å². The number of hydrogen-bond acceptors (Lipinski definition) is 4. The summed E-state index contributed by atoms with van der Waals surface area (Å²) >= 11 is 0. The van der Waals surface area contributed by atoms with E-state index < -0.39 is 0 Å². The van der Waals surface area contributed by atoms with Crippen molar-refractivity contribution >= 4 is 22.8 Å². The molecule has 4 rings (SSSR count). The third kappa shape index (κ3) is 3.19. The summed E-state index contributed by atoms with van der Waals surface area (Å²) in [5.41, 5.74) is 5.03. The summed E-state index contributed by atoms with van der Waals surface area (Å²) in [7, 11) is 0. The van der Waals surface area contributed by atoms with E-state index in [2.05, 4.69) is 20.7 Å². The molecule has 27 heavy (non-hydrogen) atoms. The van der Waals surface area contributed by atoms with Gasteiger partial charge in [0.1, 0.15) is 11.3 Å². The average molecular weight is 360 g/mol. The maximum absolute atomic E-state index is 12.8. The highest BCUT2D eigenvalue weighted by Crippen LogP contribution is 2.20. The van der Waals surface area contributed by atoms with Gasteiger partial charge in [0, 0.05) is 18.2 Å². The van der Waals surface area contributed by atoms with Gasteiger partial charge in [0.15, 0.2) is 0 Å². The summed E-state index contributed by atoms with van der Waals surface area (Å²) in [6, 6.07) is 15.3. The van der Waals surface area contributed by atoms with Crippen LogP contribution in [-0.4, -0.2) is 30.7 Å². The molecule has 136 valence electrons. The van der Waals surface area contributed by atoms with Crippen LogP contribution in [0.2, 0.25) is 0 Å². The zero-order chi connectivity index (χ0) is 19.0. The first-order chi connectivity index (χ1) is 13.0. The van der Waals surface area contributed by atoms with E-state index in [0.29, 0.717) is 16.9 Å². The minimum Gasteiger partial charge on any atom is -0.306 e. The van der Waals surface area contributed by atoms with E-state index in [4.69, 9.17) is 0 Å². The van der Waals surface area contributed by atoms with Crippen LogP contribution in [0.25, 0.3) is 16.7 Å². The molecule has 0 atom stereocenters. The zero-order valence-electron chi connectivity index (χ0n) is 15.5. The second kappa shape index (κ2) is 6.68. The number of rotatable bonds is 4. The zero-order valence-corrected chi connectivity index (χ0v) is 15.5. The highest BCUT2D eigenvalue weighted by molar-refractivity contribution is 6.05. The van der Waals surface area contributed by atoms with Crippen LogP contribution in [0.4, 0.5) is 5.82 Å². The molecule has 0 radical (unpaired) electrons. The van der Waals surface area contributed by atoms with Crippen molar-refractivity contribution in [2.45, 2.75) is 27.3 Å². The molecule has 0 saturated heterocycles. The van der Waals surface area contributed by atoms with Crippen LogP contribution in [0.3, 0.4) is 0 Å². The molecule has 1 amide bonds. The maximum Gasteiger partial charge on any atom is 0.256 e. The van der Waals surface area contributed by atoms with Gasteiger partial charge < -0.3 is 5.32 Å². The van der Waals surface area contributed by atoms with E-state index >= 15 is 0 Å². The normalized spacial score (nSPS) is 11.1. The average Bonchev–Trinajstić information content (AvgIpc) is 3.24. The van der Waals surface area contributed by atoms with Crippen molar-refractivity contribution in [2.24, 2.45) is 0 Å². The minimum atomic E-state index is -0.212. The molecule has 0 fully saturated rings. The van der Waals surface area contributed by atoms with Crippen LogP contribution in [0.5, 0.6) is 0 Å². The summed E-state index contributed by atoms with van der Waals surface area (Å²) in [5, 5.41) is 15.7. The van der Waals surface area contributed by atoms with Crippen LogP contribution in [0, 0.1) is 13.8 Å². The first kappa shape index (κ1) is 17.0. The Kier molecular flexibility index (Phi) is 4.19. The smallest absolute Gasteiger partial charge is 0.256 e. The van der Waals surface area contributed by atoms with Crippen molar-refractivity contribution in [3.05, 3.63) is 65.4 Å². The van der Waals surface area contributed by atoms with Gasteiger partial charge in [-0.15, -0.1) is 5.10 Å². The van der Waals surface area contributed by atoms with Crippen molar-refractivity contribution in [2.75, 3.05) is 5.32 Å². The molecule has 1 N–H and O–H groups in total. The molecule has 7 nitrogen and oxygen atoms in total. The molecule has 0 aliphatic heterocycles. The first-order valence-electron chi connectivity index (χ1n) is 8.83. The van der Waals surface area contributed by atoms with E-state index in [1.165, 1.54) is 5.56 Å². The SMILES string of the molecule is CCn1nnc2cc(C(=O)Nc3cc(C)nn3-c3ccc(C)cc3)ccc21. The van der Waals surface area contributed by atoms with E-state index in [9.17, 15) is 4.79 Å². The Labute approximate surface area is 156 Å². The topological polar surface area (TPSA) is 77.6 Å². The van der Waals surface area contributed by atoms with E-state index in [1.54, 1.807) is 21.5 Å².